The zero-order valence-electron chi connectivity index (χ0n) is 12.8. The van der Waals surface area contributed by atoms with Crippen molar-refractivity contribution < 1.29 is 0 Å². The molecule has 0 aromatic rings. The number of rotatable bonds is 0. The minimum atomic E-state index is 0.421. The second-order valence-corrected chi connectivity index (χ2v) is 8.61. The second kappa shape index (κ2) is 3.78. The summed E-state index contributed by atoms with van der Waals surface area (Å²) >= 11 is 0. The summed E-state index contributed by atoms with van der Waals surface area (Å²) in [5, 5.41) is 0.482. The molecular weight excluding hydrogens is 191 g/mol. The van der Waals surface area contributed by atoms with Crippen LogP contribution in [-0.4, -0.2) is 7.85 Å². The lowest BCUT2D eigenvalue weighted by atomic mass is 9.49. The third-order valence-corrected chi connectivity index (χ3v) is 6.01. The molecule has 0 bridgehead atoms. The van der Waals surface area contributed by atoms with Gasteiger partial charge in [0.1, 0.15) is 7.85 Å². The smallest absolute Gasteiger partial charge is 0.0664 e. The molecule has 94 valence electrons. The van der Waals surface area contributed by atoms with E-state index < -0.39 is 0 Å². The molecule has 0 aromatic heterocycles. The molecule has 1 aliphatic carbocycles. The van der Waals surface area contributed by atoms with Gasteiger partial charge in [0.05, 0.1) is 0 Å². The Kier molecular flexibility index (Phi) is 3.34. The Bertz CT molecular complexity index is 257. The summed E-state index contributed by atoms with van der Waals surface area (Å²) in [7, 11) is 2.46. The van der Waals surface area contributed by atoms with Gasteiger partial charge in [-0.15, -0.1) is 0 Å². The second-order valence-electron chi connectivity index (χ2n) is 8.61. The van der Waals surface area contributed by atoms with E-state index in [1.165, 1.54) is 25.7 Å². The molecular formula is C15H31B. The molecule has 0 N–H and O–H groups in total. The highest BCUT2D eigenvalue weighted by atomic mass is 14.5. The fourth-order valence-electron chi connectivity index (χ4n) is 3.20. The highest BCUT2D eigenvalue weighted by Gasteiger charge is 2.48. The number of hydrogen-bond donors (Lipinski definition) is 0. The summed E-state index contributed by atoms with van der Waals surface area (Å²) in [6, 6.07) is 0. The first-order valence-corrected chi connectivity index (χ1v) is 6.91. The van der Waals surface area contributed by atoms with Gasteiger partial charge in [0, 0.05) is 0 Å². The molecule has 0 aliphatic heterocycles. The lowest BCUT2D eigenvalue weighted by Gasteiger charge is -2.49. The Morgan fingerprint density at radius 2 is 1.44 bits per heavy atom. The van der Waals surface area contributed by atoms with Crippen molar-refractivity contribution in [3.8, 4) is 0 Å². The normalized spacial score (nSPS) is 40.4. The van der Waals surface area contributed by atoms with Gasteiger partial charge in [0.25, 0.3) is 0 Å². The Labute approximate surface area is 104 Å². The minimum absolute atomic E-state index is 0.421. The first-order chi connectivity index (χ1) is 6.91. The molecule has 0 radical (unpaired) electrons. The largest absolute Gasteiger partial charge is 0.109 e. The van der Waals surface area contributed by atoms with Crippen LogP contribution in [0.5, 0.6) is 0 Å². The van der Waals surface area contributed by atoms with Crippen LogP contribution in [0.25, 0.3) is 0 Å². The quantitative estimate of drug-likeness (QED) is 0.419. The van der Waals surface area contributed by atoms with Crippen LogP contribution in [0, 0.1) is 16.2 Å². The lowest BCUT2D eigenvalue weighted by Crippen LogP contribution is -2.38. The van der Waals surface area contributed by atoms with Crippen LogP contribution in [0.3, 0.4) is 0 Å². The maximum absolute atomic E-state index is 2.51. The average molecular weight is 222 g/mol. The molecule has 1 aliphatic rings. The first-order valence-electron chi connectivity index (χ1n) is 6.91. The summed E-state index contributed by atoms with van der Waals surface area (Å²) in [5.41, 5.74) is 1.36. The fraction of sp³-hybridized carbons (Fsp3) is 1.00. The van der Waals surface area contributed by atoms with Gasteiger partial charge < -0.3 is 0 Å². The SMILES string of the molecule is BC1(C)CCCC(C)(C(C)(C)C)CC1(C)C. The predicted molar refractivity (Wildman–Crippen MR) is 76.7 cm³/mol. The van der Waals surface area contributed by atoms with Crippen molar-refractivity contribution in [2.75, 3.05) is 0 Å². The molecule has 0 aromatic carbocycles. The van der Waals surface area contributed by atoms with E-state index in [-0.39, 0.29) is 0 Å². The first kappa shape index (κ1) is 14.1. The van der Waals surface area contributed by atoms with Crippen LogP contribution in [0.1, 0.15) is 74.1 Å². The molecule has 0 amide bonds. The van der Waals surface area contributed by atoms with Crippen LogP contribution in [-0.2, 0) is 0 Å². The summed E-state index contributed by atoms with van der Waals surface area (Å²) < 4.78 is 0. The van der Waals surface area contributed by atoms with Crippen molar-refractivity contribution in [1.29, 1.82) is 0 Å². The molecule has 1 saturated carbocycles. The summed E-state index contributed by atoms with van der Waals surface area (Å²) in [4.78, 5) is 0. The van der Waals surface area contributed by atoms with Gasteiger partial charge in [-0.3, -0.25) is 0 Å². The molecule has 2 unspecified atom stereocenters. The third kappa shape index (κ3) is 2.34. The van der Waals surface area contributed by atoms with Gasteiger partial charge in [-0.05, 0) is 29.1 Å². The van der Waals surface area contributed by atoms with Crippen LogP contribution in [0.2, 0.25) is 5.31 Å². The van der Waals surface area contributed by atoms with E-state index in [2.05, 4.69) is 56.3 Å². The Morgan fingerprint density at radius 1 is 0.938 bits per heavy atom. The van der Waals surface area contributed by atoms with Gasteiger partial charge in [-0.1, -0.05) is 66.6 Å². The maximum atomic E-state index is 2.51. The van der Waals surface area contributed by atoms with E-state index in [4.69, 9.17) is 0 Å². The topological polar surface area (TPSA) is 0 Å². The molecule has 0 saturated heterocycles. The van der Waals surface area contributed by atoms with Crippen LogP contribution < -0.4 is 0 Å². The van der Waals surface area contributed by atoms with E-state index >= 15 is 0 Å². The van der Waals surface area contributed by atoms with Gasteiger partial charge in [0.2, 0.25) is 0 Å². The fourth-order valence-corrected chi connectivity index (χ4v) is 3.20. The highest BCUT2D eigenvalue weighted by molar-refractivity contribution is 6.15. The highest BCUT2D eigenvalue weighted by Crippen LogP contribution is 2.60. The predicted octanol–water partition coefficient (Wildman–Crippen LogP) is 4.45. The Morgan fingerprint density at radius 3 is 1.88 bits per heavy atom. The van der Waals surface area contributed by atoms with Crippen molar-refractivity contribution in [3.05, 3.63) is 0 Å². The summed E-state index contributed by atoms with van der Waals surface area (Å²) in [6.07, 6.45) is 5.52. The van der Waals surface area contributed by atoms with E-state index in [0.717, 1.165) is 0 Å². The van der Waals surface area contributed by atoms with Crippen molar-refractivity contribution in [2.45, 2.75) is 79.5 Å². The van der Waals surface area contributed by atoms with Gasteiger partial charge in [-0.25, -0.2) is 0 Å². The standard InChI is InChI=1S/C15H31B/c1-12(2,3)14(6)9-8-10-15(7,16)13(4,5)11-14/h8-11,16H2,1-7H3. The van der Waals surface area contributed by atoms with E-state index in [1.807, 2.05) is 0 Å². The van der Waals surface area contributed by atoms with E-state index in [0.29, 0.717) is 21.6 Å². The monoisotopic (exact) mass is 222 g/mol. The van der Waals surface area contributed by atoms with Gasteiger partial charge in [0.15, 0.2) is 0 Å². The molecule has 0 heterocycles. The molecule has 1 heteroatoms. The molecule has 2 atom stereocenters. The molecule has 0 spiro atoms. The Hall–Kier alpha value is 0.0649. The van der Waals surface area contributed by atoms with Crippen LogP contribution in [0.15, 0.2) is 0 Å². The Balaban J connectivity index is 3.05. The maximum Gasteiger partial charge on any atom is 0.109 e. The minimum Gasteiger partial charge on any atom is -0.0664 e. The van der Waals surface area contributed by atoms with Gasteiger partial charge >= 0.3 is 0 Å². The van der Waals surface area contributed by atoms with Crippen LogP contribution in [0.4, 0.5) is 0 Å². The van der Waals surface area contributed by atoms with Crippen molar-refractivity contribution in [1.82, 2.24) is 0 Å². The van der Waals surface area contributed by atoms with E-state index in [9.17, 15) is 0 Å². The summed E-state index contributed by atoms with van der Waals surface area (Å²) in [6.45, 7) is 17.2. The van der Waals surface area contributed by atoms with Gasteiger partial charge in [-0.2, -0.15) is 0 Å². The van der Waals surface area contributed by atoms with Crippen molar-refractivity contribution in [3.63, 3.8) is 0 Å². The zero-order chi connectivity index (χ0) is 12.8. The molecule has 1 fully saturated rings. The average Bonchev–Trinajstić information content (AvgIpc) is 2.06. The number of hydrogen-bond acceptors (Lipinski definition) is 0. The molecule has 1 rings (SSSR count). The molecule has 16 heavy (non-hydrogen) atoms. The van der Waals surface area contributed by atoms with E-state index in [1.54, 1.807) is 0 Å². The summed E-state index contributed by atoms with van der Waals surface area (Å²) in [5.74, 6) is 0. The van der Waals surface area contributed by atoms with Crippen molar-refractivity contribution >= 4 is 7.85 Å². The van der Waals surface area contributed by atoms with Crippen molar-refractivity contribution in [2.24, 2.45) is 16.2 Å². The third-order valence-electron chi connectivity index (χ3n) is 6.01. The lowest BCUT2D eigenvalue weighted by molar-refractivity contribution is 0.0413. The molecule has 0 nitrogen and oxygen atoms in total. The zero-order valence-corrected chi connectivity index (χ0v) is 12.8. The van der Waals surface area contributed by atoms with Crippen LogP contribution >= 0.6 is 0 Å².